The number of benzene rings is 1. The minimum Gasteiger partial charge on any atom is -0.493 e. The Morgan fingerprint density at radius 2 is 1.94 bits per heavy atom. The van der Waals surface area contributed by atoms with Gasteiger partial charge >= 0.3 is 0 Å². The third-order valence-corrected chi connectivity index (χ3v) is 3.12. The van der Waals surface area contributed by atoms with Gasteiger partial charge in [0.25, 0.3) is 0 Å². The highest BCUT2D eigenvalue weighted by molar-refractivity contribution is 5.38. The summed E-state index contributed by atoms with van der Waals surface area (Å²) < 4.78 is 5.88. The van der Waals surface area contributed by atoms with Gasteiger partial charge in [0, 0.05) is 12.5 Å². The summed E-state index contributed by atoms with van der Waals surface area (Å²) in [5.41, 5.74) is 2.78. The van der Waals surface area contributed by atoms with Crippen molar-refractivity contribution in [1.29, 1.82) is 0 Å². The first-order valence-electron chi connectivity index (χ1n) is 6.73. The fraction of sp³-hybridized carbons (Fsp3) is 0.625. The Kier molecular flexibility index (Phi) is 5.21. The van der Waals surface area contributed by atoms with Crippen LogP contribution in [-0.2, 0) is 5.41 Å². The second-order valence-corrected chi connectivity index (χ2v) is 6.20. The van der Waals surface area contributed by atoms with Gasteiger partial charge in [-0.3, -0.25) is 0 Å². The molecule has 0 saturated carbocycles. The first-order chi connectivity index (χ1) is 8.34. The van der Waals surface area contributed by atoms with Crippen molar-refractivity contribution in [2.75, 3.05) is 20.2 Å². The predicted octanol–water partition coefficient (Wildman–Crippen LogP) is 3.53. The van der Waals surface area contributed by atoms with Crippen molar-refractivity contribution >= 4 is 0 Å². The van der Waals surface area contributed by atoms with E-state index in [1.54, 1.807) is 0 Å². The minimum atomic E-state index is 0.197. The molecule has 0 aliphatic carbocycles. The molecule has 1 aromatic carbocycles. The molecular weight excluding hydrogens is 222 g/mol. The van der Waals surface area contributed by atoms with Crippen LogP contribution in [0.3, 0.4) is 0 Å². The summed E-state index contributed by atoms with van der Waals surface area (Å²) in [7, 11) is 1.97. The van der Waals surface area contributed by atoms with E-state index in [-0.39, 0.29) is 5.41 Å². The van der Waals surface area contributed by atoms with Crippen LogP contribution in [0.2, 0.25) is 0 Å². The second-order valence-electron chi connectivity index (χ2n) is 6.20. The molecule has 0 amide bonds. The van der Waals surface area contributed by atoms with Gasteiger partial charge in [0.15, 0.2) is 0 Å². The van der Waals surface area contributed by atoms with Gasteiger partial charge in [0.05, 0.1) is 6.61 Å². The fourth-order valence-corrected chi connectivity index (χ4v) is 1.92. The highest BCUT2D eigenvalue weighted by atomic mass is 16.5. The first kappa shape index (κ1) is 15.0. The van der Waals surface area contributed by atoms with Crippen LogP contribution in [0.25, 0.3) is 0 Å². The van der Waals surface area contributed by atoms with Crippen LogP contribution < -0.4 is 10.1 Å². The molecule has 0 aromatic heterocycles. The van der Waals surface area contributed by atoms with Crippen LogP contribution >= 0.6 is 0 Å². The van der Waals surface area contributed by atoms with Gasteiger partial charge < -0.3 is 10.1 Å². The van der Waals surface area contributed by atoms with Gasteiger partial charge in [-0.2, -0.15) is 0 Å². The van der Waals surface area contributed by atoms with Crippen molar-refractivity contribution in [3.8, 4) is 5.75 Å². The largest absolute Gasteiger partial charge is 0.493 e. The smallest absolute Gasteiger partial charge is 0.122 e. The lowest BCUT2D eigenvalue weighted by Crippen LogP contribution is -2.22. The van der Waals surface area contributed by atoms with Gasteiger partial charge in [0.2, 0.25) is 0 Å². The highest BCUT2D eigenvalue weighted by Crippen LogP contribution is 2.27. The topological polar surface area (TPSA) is 21.3 Å². The lowest BCUT2D eigenvalue weighted by molar-refractivity contribution is 0.256. The van der Waals surface area contributed by atoms with Crippen LogP contribution in [0.15, 0.2) is 18.2 Å². The molecule has 0 radical (unpaired) electrons. The minimum absolute atomic E-state index is 0.197. The summed E-state index contributed by atoms with van der Waals surface area (Å²) in [6.07, 6.45) is 0. The second kappa shape index (κ2) is 6.24. The zero-order valence-corrected chi connectivity index (χ0v) is 12.6. The van der Waals surface area contributed by atoms with Gasteiger partial charge in [-0.1, -0.05) is 39.8 Å². The van der Waals surface area contributed by atoms with Crippen LogP contribution in [0.4, 0.5) is 0 Å². The number of hydrogen-bond donors (Lipinski definition) is 1. The standard InChI is InChI=1S/C16H27NO/c1-12(10-17-6)11-18-15-8-7-14(9-13(15)2)16(3,4)5/h7-9,12,17H,10-11H2,1-6H3. The molecule has 1 N–H and O–H groups in total. The van der Waals surface area contributed by atoms with Crippen molar-refractivity contribution in [2.24, 2.45) is 5.92 Å². The molecule has 102 valence electrons. The summed E-state index contributed by atoms with van der Waals surface area (Å²) in [5.74, 6) is 1.53. The Labute approximate surface area is 112 Å². The van der Waals surface area contributed by atoms with Crippen LogP contribution in [0.5, 0.6) is 5.75 Å². The molecule has 1 atom stereocenters. The summed E-state index contributed by atoms with van der Waals surface area (Å²) >= 11 is 0. The van der Waals surface area contributed by atoms with E-state index in [1.165, 1.54) is 11.1 Å². The van der Waals surface area contributed by atoms with Gasteiger partial charge in [-0.05, 0) is 36.6 Å². The van der Waals surface area contributed by atoms with Crippen LogP contribution in [-0.4, -0.2) is 20.2 Å². The SMILES string of the molecule is CNCC(C)COc1ccc(C(C)(C)C)cc1C. The maximum absolute atomic E-state index is 5.88. The average Bonchev–Trinajstić information content (AvgIpc) is 2.26. The molecule has 1 rings (SSSR count). The van der Waals surface area contributed by atoms with E-state index < -0.39 is 0 Å². The van der Waals surface area contributed by atoms with Crippen LogP contribution in [0, 0.1) is 12.8 Å². The average molecular weight is 249 g/mol. The monoisotopic (exact) mass is 249 g/mol. The molecule has 18 heavy (non-hydrogen) atoms. The van der Waals surface area contributed by atoms with E-state index in [4.69, 9.17) is 4.74 Å². The van der Waals surface area contributed by atoms with Crippen molar-refractivity contribution in [1.82, 2.24) is 5.32 Å². The predicted molar refractivity (Wildman–Crippen MR) is 78.5 cm³/mol. The number of aryl methyl sites for hydroxylation is 1. The zero-order valence-electron chi connectivity index (χ0n) is 12.6. The molecule has 2 heteroatoms. The molecule has 0 saturated heterocycles. The third-order valence-electron chi connectivity index (χ3n) is 3.12. The Hall–Kier alpha value is -1.02. The van der Waals surface area contributed by atoms with Crippen molar-refractivity contribution in [3.05, 3.63) is 29.3 Å². The molecule has 1 aromatic rings. The van der Waals surface area contributed by atoms with Crippen molar-refractivity contribution in [2.45, 2.75) is 40.0 Å². The number of rotatable bonds is 5. The fourth-order valence-electron chi connectivity index (χ4n) is 1.92. The van der Waals surface area contributed by atoms with Crippen molar-refractivity contribution < 1.29 is 4.74 Å². The normalized spacial score (nSPS) is 13.4. The molecule has 0 heterocycles. The Morgan fingerprint density at radius 3 is 2.44 bits per heavy atom. The van der Waals surface area contributed by atoms with E-state index in [9.17, 15) is 0 Å². The maximum Gasteiger partial charge on any atom is 0.122 e. The molecule has 2 nitrogen and oxygen atoms in total. The summed E-state index contributed by atoms with van der Waals surface area (Å²) in [4.78, 5) is 0. The first-order valence-corrected chi connectivity index (χ1v) is 6.73. The summed E-state index contributed by atoms with van der Waals surface area (Å²) in [5, 5.41) is 3.17. The highest BCUT2D eigenvalue weighted by Gasteiger charge is 2.14. The Bertz CT molecular complexity index is 379. The quantitative estimate of drug-likeness (QED) is 0.862. The molecule has 0 aliphatic heterocycles. The van der Waals surface area contributed by atoms with E-state index >= 15 is 0 Å². The number of nitrogens with one attached hydrogen (secondary N) is 1. The number of hydrogen-bond acceptors (Lipinski definition) is 2. The van der Waals surface area contributed by atoms with E-state index in [2.05, 4.69) is 58.1 Å². The van der Waals surface area contributed by atoms with Gasteiger partial charge in [0.1, 0.15) is 5.75 Å². The van der Waals surface area contributed by atoms with E-state index in [1.807, 2.05) is 7.05 Å². The molecule has 0 spiro atoms. The lowest BCUT2D eigenvalue weighted by atomic mass is 9.86. The zero-order chi connectivity index (χ0) is 13.8. The molecule has 0 bridgehead atoms. The lowest BCUT2D eigenvalue weighted by Gasteiger charge is -2.21. The van der Waals surface area contributed by atoms with E-state index in [0.717, 1.165) is 18.9 Å². The Morgan fingerprint density at radius 1 is 1.28 bits per heavy atom. The molecular formula is C16H27NO. The van der Waals surface area contributed by atoms with Gasteiger partial charge in [-0.25, -0.2) is 0 Å². The number of ether oxygens (including phenoxy) is 1. The van der Waals surface area contributed by atoms with E-state index in [0.29, 0.717) is 5.92 Å². The van der Waals surface area contributed by atoms with Gasteiger partial charge in [-0.15, -0.1) is 0 Å². The molecule has 0 fully saturated rings. The third kappa shape index (κ3) is 4.34. The molecule has 1 unspecified atom stereocenters. The van der Waals surface area contributed by atoms with Crippen LogP contribution in [0.1, 0.15) is 38.8 Å². The summed E-state index contributed by atoms with van der Waals surface area (Å²) in [6, 6.07) is 6.51. The Balaban J connectivity index is 2.69. The molecule has 0 aliphatic rings. The summed E-state index contributed by atoms with van der Waals surface area (Å²) in [6.45, 7) is 12.8. The van der Waals surface area contributed by atoms with Crippen molar-refractivity contribution in [3.63, 3.8) is 0 Å². The maximum atomic E-state index is 5.88.